The monoisotopic (exact) mass is 412 g/mol. The first-order valence-electron chi connectivity index (χ1n) is 9.53. The third-order valence-corrected chi connectivity index (χ3v) is 6.60. The Morgan fingerprint density at radius 2 is 1.97 bits per heavy atom. The smallest absolute Gasteiger partial charge is 0.219 e. The largest absolute Gasteiger partial charge is 0.493 e. The summed E-state index contributed by atoms with van der Waals surface area (Å²) in [6, 6.07) is 12.8. The molecule has 2 heterocycles. The van der Waals surface area contributed by atoms with E-state index in [1.165, 1.54) is 10.9 Å². The number of hydrogen-bond acceptors (Lipinski definition) is 6. The average Bonchev–Trinajstić information content (AvgIpc) is 3.04. The number of rotatable bonds is 5. The lowest BCUT2D eigenvalue weighted by Crippen LogP contribution is -2.35. The maximum atomic E-state index is 11.6. The standard InChI is InChI=1S/C21H24N4O3S/c1-24(14-15-6-9-17(10-7-15)29(2,27)28)16-8-11-19-18(13-16)21(26)25(23-19)20-5-3-4-12-22-20/h3-7,9-10,12,16,26H,8,11,13-14H2,1-2H3. The minimum Gasteiger partial charge on any atom is -0.493 e. The first-order chi connectivity index (χ1) is 13.8. The highest BCUT2D eigenvalue weighted by molar-refractivity contribution is 7.90. The van der Waals surface area contributed by atoms with Gasteiger partial charge in [0.15, 0.2) is 15.7 Å². The van der Waals surface area contributed by atoms with Gasteiger partial charge in [0.2, 0.25) is 5.88 Å². The first kappa shape index (κ1) is 19.6. The Balaban J connectivity index is 1.49. The van der Waals surface area contributed by atoms with Gasteiger partial charge in [-0.2, -0.15) is 9.78 Å². The van der Waals surface area contributed by atoms with Gasteiger partial charge in [-0.05, 0) is 56.1 Å². The second-order valence-corrected chi connectivity index (χ2v) is 9.59. The number of aromatic hydroxyl groups is 1. The van der Waals surface area contributed by atoms with Gasteiger partial charge < -0.3 is 5.11 Å². The van der Waals surface area contributed by atoms with E-state index in [1.54, 1.807) is 18.3 Å². The number of sulfone groups is 1. The lowest BCUT2D eigenvalue weighted by atomic mass is 9.92. The summed E-state index contributed by atoms with van der Waals surface area (Å²) in [6.07, 6.45) is 5.35. The van der Waals surface area contributed by atoms with Crippen molar-refractivity contribution in [2.75, 3.05) is 13.3 Å². The Hall–Kier alpha value is -2.71. The number of pyridine rings is 1. The molecule has 0 radical (unpaired) electrons. The fourth-order valence-corrected chi connectivity index (χ4v) is 4.44. The third-order valence-electron chi connectivity index (χ3n) is 5.47. The number of aromatic nitrogens is 3. The molecule has 0 aliphatic heterocycles. The van der Waals surface area contributed by atoms with Gasteiger partial charge in [0, 0.05) is 30.6 Å². The van der Waals surface area contributed by atoms with Crippen LogP contribution >= 0.6 is 0 Å². The van der Waals surface area contributed by atoms with Crippen molar-refractivity contribution in [2.24, 2.45) is 0 Å². The number of nitrogens with zero attached hydrogens (tertiary/aromatic N) is 4. The first-order valence-corrected chi connectivity index (χ1v) is 11.4. The van der Waals surface area contributed by atoms with Crippen LogP contribution in [-0.2, 0) is 29.2 Å². The Labute approximate surface area is 170 Å². The van der Waals surface area contributed by atoms with Crippen LogP contribution in [0.3, 0.4) is 0 Å². The molecule has 0 bridgehead atoms. The number of benzene rings is 1. The van der Waals surface area contributed by atoms with Crippen LogP contribution in [0.15, 0.2) is 53.6 Å². The van der Waals surface area contributed by atoms with E-state index < -0.39 is 9.84 Å². The van der Waals surface area contributed by atoms with Gasteiger partial charge in [0.05, 0.1) is 10.6 Å². The Kier molecular flexibility index (Phi) is 5.14. The van der Waals surface area contributed by atoms with Crippen LogP contribution in [0.2, 0.25) is 0 Å². The van der Waals surface area contributed by atoms with E-state index >= 15 is 0 Å². The molecule has 0 saturated carbocycles. The summed E-state index contributed by atoms with van der Waals surface area (Å²) in [5.74, 6) is 0.768. The summed E-state index contributed by atoms with van der Waals surface area (Å²) in [4.78, 5) is 6.85. The molecule has 1 unspecified atom stereocenters. The van der Waals surface area contributed by atoms with Gasteiger partial charge in [-0.15, -0.1) is 0 Å². The molecule has 0 saturated heterocycles. The maximum Gasteiger partial charge on any atom is 0.219 e. The molecule has 29 heavy (non-hydrogen) atoms. The topological polar surface area (TPSA) is 88.3 Å². The molecular weight excluding hydrogens is 388 g/mol. The van der Waals surface area contributed by atoms with Crippen LogP contribution < -0.4 is 0 Å². The molecule has 1 aliphatic carbocycles. The molecule has 1 atom stereocenters. The van der Waals surface area contributed by atoms with E-state index in [-0.39, 0.29) is 11.9 Å². The fourth-order valence-electron chi connectivity index (χ4n) is 3.81. The average molecular weight is 413 g/mol. The lowest BCUT2D eigenvalue weighted by Gasteiger charge is -2.30. The predicted octanol–water partition coefficient (Wildman–Crippen LogP) is 2.37. The lowest BCUT2D eigenvalue weighted by molar-refractivity contribution is 0.212. The highest BCUT2D eigenvalue weighted by atomic mass is 32.2. The van der Waals surface area contributed by atoms with Crippen LogP contribution in [0.25, 0.3) is 5.82 Å². The molecule has 0 fully saturated rings. The highest BCUT2D eigenvalue weighted by Crippen LogP contribution is 2.32. The normalized spacial score (nSPS) is 16.7. The van der Waals surface area contributed by atoms with Crippen molar-refractivity contribution in [3.63, 3.8) is 0 Å². The molecule has 8 heteroatoms. The van der Waals surface area contributed by atoms with E-state index in [1.807, 2.05) is 30.3 Å². The Bertz CT molecular complexity index is 1110. The van der Waals surface area contributed by atoms with Gasteiger partial charge in [-0.1, -0.05) is 18.2 Å². The van der Waals surface area contributed by atoms with Crippen molar-refractivity contribution in [3.05, 3.63) is 65.5 Å². The molecule has 0 amide bonds. The zero-order valence-corrected chi connectivity index (χ0v) is 17.3. The fraction of sp³-hybridized carbons (Fsp3) is 0.333. The van der Waals surface area contributed by atoms with Crippen LogP contribution in [0.4, 0.5) is 0 Å². The summed E-state index contributed by atoms with van der Waals surface area (Å²) in [7, 11) is -1.13. The number of aryl methyl sites for hydroxylation is 1. The van der Waals surface area contributed by atoms with Crippen LogP contribution in [0.5, 0.6) is 5.88 Å². The Morgan fingerprint density at radius 1 is 1.21 bits per heavy atom. The Morgan fingerprint density at radius 3 is 2.62 bits per heavy atom. The van der Waals surface area contributed by atoms with Crippen molar-refractivity contribution in [3.8, 4) is 11.7 Å². The number of fused-ring (bicyclic) bond motifs is 1. The zero-order valence-electron chi connectivity index (χ0n) is 16.5. The van der Waals surface area contributed by atoms with E-state index in [0.29, 0.717) is 23.7 Å². The molecule has 1 aromatic carbocycles. The summed E-state index contributed by atoms with van der Waals surface area (Å²) < 4.78 is 24.8. The van der Waals surface area contributed by atoms with Crippen LogP contribution in [0.1, 0.15) is 23.2 Å². The second-order valence-electron chi connectivity index (χ2n) is 7.58. The van der Waals surface area contributed by atoms with Crippen LogP contribution in [0, 0.1) is 0 Å². The number of likely N-dealkylation sites (N-methyl/N-ethyl adjacent to an activating group) is 1. The van der Waals surface area contributed by atoms with Crippen molar-refractivity contribution >= 4 is 9.84 Å². The summed E-state index contributed by atoms with van der Waals surface area (Å²) in [5, 5.41) is 15.3. The van der Waals surface area contributed by atoms with Gasteiger partial charge in [-0.3, -0.25) is 4.90 Å². The van der Waals surface area contributed by atoms with Crippen molar-refractivity contribution in [1.29, 1.82) is 0 Å². The molecular formula is C21H24N4O3S. The quantitative estimate of drug-likeness (QED) is 0.692. The summed E-state index contributed by atoms with van der Waals surface area (Å²) in [5.41, 5.74) is 2.86. The third kappa shape index (κ3) is 4.04. The zero-order chi connectivity index (χ0) is 20.6. The minimum atomic E-state index is -3.18. The highest BCUT2D eigenvalue weighted by Gasteiger charge is 2.29. The SMILES string of the molecule is CN(Cc1ccc(S(C)(=O)=O)cc1)C1CCc2nn(-c3ccccn3)c(O)c2C1. The van der Waals surface area contributed by atoms with Gasteiger partial charge >= 0.3 is 0 Å². The summed E-state index contributed by atoms with van der Waals surface area (Å²) in [6.45, 7) is 0.708. The van der Waals surface area contributed by atoms with Crippen molar-refractivity contribution in [2.45, 2.75) is 36.7 Å². The molecule has 2 aromatic heterocycles. The van der Waals surface area contributed by atoms with Crippen LogP contribution in [-0.4, -0.2) is 52.5 Å². The van der Waals surface area contributed by atoms with Gasteiger partial charge in [-0.25, -0.2) is 13.4 Å². The molecule has 3 aromatic rings. The summed E-state index contributed by atoms with van der Waals surface area (Å²) >= 11 is 0. The molecule has 4 rings (SSSR count). The molecule has 7 nitrogen and oxygen atoms in total. The molecule has 1 aliphatic rings. The minimum absolute atomic E-state index is 0.161. The molecule has 152 valence electrons. The predicted molar refractivity (Wildman–Crippen MR) is 110 cm³/mol. The van der Waals surface area contributed by atoms with Gasteiger partial charge in [0.25, 0.3) is 0 Å². The second kappa shape index (κ2) is 7.61. The van der Waals surface area contributed by atoms with Crippen molar-refractivity contribution in [1.82, 2.24) is 19.7 Å². The molecule has 0 spiro atoms. The van der Waals surface area contributed by atoms with E-state index in [9.17, 15) is 13.5 Å². The number of hydrogen-bond donors (Lipinski definition) is 1. The maximum absolute atomic E-state index is 11.6. The van der Waals surface area contributed by atoms with Crippen molar-refractivity contribution < 1.29 is 13.5 Å². The van der Waals surface area contributed by atoms with E-state index in [0.717, 1.165) is 29.7 Å². The van der Waals surface area contributed by atoms with E-state index in [4.69, 9.17) is 0 Å². The van der Waals surface area contributed by atoms with Gasteiger partial charge in [0.1, 0.15) is 0 Å². The molecule has 1 N–H and O–H groups in total. The van der Waals surface area contributed by atoms with E-state index in [2.05, 4.69) is 22.0 Å².